The van der Waals surface area contributed by atoms with Crippen molar-refractivity contribution >= 4 is 0 Å². The zero-order valence-corrected chi connectivity index (χ0v) is 11.3. The third-order valence-corrected chi connectivity index (χ3v) is 3.65. The van der Waals surface area contributed by atoms with Gasteiger partial charge >= 0.3 is 0 Å². The normalized spacial score (nSPS) is 16.9. The molecule has 0 bridgehead atoms. The molecule has 1 aliphatic rings. The van der Waals surface area contributed by atoms with E-state index in [1.54, 1.807) is 0 Å². The van der Waals surface area contributed by atoms with Crippen LogP contribution in [0.3, 0.4) is 0 Å². The summed E-state index contributed by atoms with van der Waals surface area (Å²) in [5.41, 5.74) is 7.34. The van der Waals surface area contributed by atoms with Crippen LogP contribution in [0.4, 0.5) is 0 Å². The fourth-order valence-electron chi connectivity index (χ4n) is 2.05. The number of likely N-dealkylation sites (N-methyl/N-ethyl adjacent to an activating group) is 1. The molecular formula is C14H22N2O2. The van der Waals surface area contributed by atoms with Gasteiger partial charge in [0, 0.05) is 18.6 Å². The predicted molar refractivity (Wildman–Crippen MR) is 71.9 cm³/mol. The van der Waals surface area contributed by atoms with Crippen LogP contribution in [0.15, 0.2) is 18.2 Å². The van der Waals surface area contributed by atoms with Gasteiger partial charge in [0.25, 0.3) is 0 Å². The summed E-state index contributed by atoms with van der Waals surface area (Å²) in [7, 11) is 2.11. The summed E-state index contributed by atoms with van der Waals surface area (Å²) in [4.78, 5) is 2.29. The van der Waals surface area contributed by atoms with Crippen LogP contribution in [-0.4, -0.2) is 31.3 Å². The summed E-state index contributed by atoms with van der Waals surface area (Å²) in [5, 5.41) is 0. The predicted octanol–water partition coefficient (Wildman–Crippen LogP) is 2.15. The molecule has 0 aromatic heterocycles. The molecule has 2 atom stereocenters. The zero-order chi connectivity index (χ0) is 13.1. The topological polar surface area (TPSA) is 47.7 Å². The summed E-state index contributed by atoms with van der Waals surface area (Å²) in [5.74, 6) is 1.61. The molecule has 1 aromatic rings. The van der Waals surface area contributed by atoms with Crippen molar-refractivity contribution in [2.75, 3.05) is 20.4 Å². The van der Waals surface area contributed by atoms with Crippen molar-refractivity contribution in [3.05, 3.63) is 23.8 Å². The van der Waals surface area contributed by atoms with E-state index in [1.165, 1.54) is 0 Å². The maximum absolute atomic E-state index is 6.24. The van der Waals surface area contributed by atoms with Gasteiger partial charge in [-0.3, -0.25) is 0 Å². The summed E-state index contributed by atoms with van der Waals surface area (Å²) < 4.78 is 10.7. The van der Waals surface area contributed by atoms with Crippen molar-refractivity contribution < 1.29 is 9.47 Å². The molecule has 0 amide bonds. The highest BCUT2D eigenvalue weighted by Crippen LogP contribution is 2.33. The van der Waals surface area contributed by atoms with Gasteiger partial charge in [0.1, 0.15) is 0 Å². The summed E-state index contributed by atoms with van der Waals surface area (Å²) in [6.07, 6.45) is 1.13. The highest BCUT2D eigenvalue weighted by atomic mass is 16.7. The van der Waals surface area contributed by atoms with Crippen LogP contribution in [0.5, 0.6) is 11.5 Å². The molecule has 100 valence electrons. The van der Waals surface area contributed by atoms with Crippen LogP contribution in [0.25, 0.3) is 0 Å². The lowest BCUT2D eigenvalue weighted by atomic mass is 10.1. The molecule has 2 rings (SSSR count). The molecule has 1 heterocycles. The van der Waals surface area contributed by atoms with Crippen LogP contribution in [0.2, 0.25) is 0 Å². The first kappa shape index (κ1) is 13.2. The van der Waals surface area contributed by atoms with Gasteiger partial charge < -0.3 is 20.1 Å². The van der Waals surface area contributed by atoms with E-state index in [-0.39, 0.29) is 6.04 Å². The molecule has 0 saturated heterocycles. The SMILES string of the molecule is CCC(C)N(C)CC(N)c1ccc2c(c1)OCO2. The smallest absolute Gasteiger partial charge is 0.231 e. The van der Waals surface area contributed by atoms with Gasteiger partial charge in [-0.25, -0.2) is 0 Å². The third kappa shape index (κ3) is 2.76. The van der Waals surface area contributed by atoms with E-state index >= 15 is 0 Å². The van der Waals surface area contributed by atoms with Gasteiger partial charge in [0.15, 0.2) is 11.5 Å². The van der Waals surface area contributed by atoms with Crippen molar-refractivity contribution in [2.24, 2.45) is 5.73 Å². The Balaban J connectivity index is 2.03. The van der Waals surface area contributed by atoms with E-state index in [4.69, 9.17) is 15.2 Å². The van der Waals surface area contributed by atoms with E-state index in [0.717, 1.165) is 30.0 Å². The first-order valence-electron chi connectivity index (χ1n) is 6.47. The lowest BCUT2D eigenvalue weighted by molar-refractivity contribution is 0.174. The second-order valence-electron chi connectivity index (χ2n) is 4.92. The average Bonchev–Trinajstić information content (AvgIpc) is 2.84. The van der Waals surface area contributed by atoms with Crippen LogP contribution in [0.1, 0.15) is 31.9 Å². The van der Waals surface area contributed by atoms with Gasteiger partial charge in [-0.15, -0.1) is 0 Å². The van der Waals surface area contributed by atoms with E-state index in [9.17, 15) is 0 Å². The Kier molecular flexibility index (Phi) is 4.09. The number of rotatable bonds is 5. The quantitative estimate of drug-likeness (QED) is 0.870. The monoisotopic (exact) mass is 250 g/mol. The first-order chi connectivity index (χ1) is 8.61. The van der Waals surface area contributed by atoms with Crippen molar-refractivity contribution in [2.45, 2.75) is 32.4 Å². The first-order valence-corrected chi connectivity index (χ1v) is 6.47. The van der Waals surface area contributed by atoms with Gasteiger partial charge in [-0.2, -0.15) is 0 Å². The van der Waals surface area contributed by atoms with Crippen LogP contribution in [0, 0.1) is 0 Å². The van der Waals surface area contributed by atoms with E-state index in [2.05, 4.69) is 25.8 Å². The Bertz CT molecular complexity index is 409. The largest absolute Gasteiger partial charge is 0.454 e. The standard InChI is InChI=1S/C14H22N2O2/c1-4-10(2)16(3)8-12(15)11-5-6-13-14(7-11)18-9-17-13/h5-7,10,12H,4,8-9,15H2,1-3H3. The molecule has 0 fully saturated rings. The van der Waals surface area contributed by atoms with Crippen molar-refractivity contribution in [1.82, 2.24) is 4.90 Å². The Morgan fingerprint density at radius 2 is 2.06 bits per heavy atom. The molecule has 1 aliphatic heterocycles. The van der Waals surface area contributed by atoms with E-state index in [1.807, 2.05) is 18.2 Å². The van der Waals surface area contributed by atoms with Crippen molar-refractivity contribution in [3.8, 4) is 11.5 Å². The molecular weight excluding hydrogens is 228 g/mol. The third-order valence-electron chi connectivity index (χ3n) is 3.65. The van der Waals surface area contributed by atoms with Gasteiger partial charge in [0.2, 0.25) is 6.79 Å². The number of hydrogen-bond donors (Lipinski definition) is 1. The molecule has 0 aliphatic carbocycles. The lowest BCUT2D eigenvalue weighted by Gasteiger charge is -2.26. The van der Waals surface area contributed by atoms with Gasteiger partial charge in [0.05, 0.1) is 0 Å². The highest BCUT2D eigenvalue weighted by Gasteiger charge is 2.17. The number of ether oxygens (including phenoxy) is 2. The zero-order valence-electron chi connectivity index (χ0n) is 11.3. The summed E-state index contributed by atoms with van der Waals surface area (Å²) >= 11 is 0. The maximum Gasteiger partial charge on any atom is 0.231 e. The fraction of sp³-hybridized carbons (Fsp3) is 0.571. The minimum Gasteiger partial charge on any atom is -0.454 e. The summed E-state index contributed by atoms with van der Waals surface area (Å²) in [6.45, 7) is 5.55. The average molecular weight is 250 g/mol. The molecule has 4 heteroatoms. The van der Waals surface area contributed by atoms with Crippen molar-refractivity contribution in [1.29, 1.82) is 0 Å². The van der Waals surface area contributed by atoms with Gasteiger partial charge in [-0.1, -0.05) is 13.0 Å². The number of hydrogen-bond acceptors (Lipinski definition) is 4. The molecule has 2 N–H and O–H groups in total. The molecule has 0 spiro atoms. The Labute approximate surface area is 109 Å². The molecule has 0 radical (unpaired) electrons. The van der Waals surface area contributed by atoms with Crippen LogP contribution >= 0.6 is 0 Å². The number of benzene rings is 1. The highest BCUT2D eigenvalue weighted by molar-refractivity contribution is 5.45. The molecule has 4 nitrogen and oxygen atoms in total. The molecule has 2 unspecified atom stereocenters. The Morgan fingerprint density at radius 1 is 1.33 bits per heavy atom. The maximum atomic E-state index is 6.24. The second kappa shape index (κ2) is 5.59. The Hall–Kier alpha value is -1.26. The van der Waals surface area contributed by atoms with Crippen molar-refractivity contribution in [3.63, 3.8) is 0 Å². The van der Waals surface area contributed by atoms with Crippen LogP contribution in [-0.2, 0) is 0 Å². The minimum absolute atomic E-state index is 0.00139. The van der Waals surface area contributed by atoms with Crippen LogP contribution < -0.4 is 15.2 Å². The Morgan fingerprint density at radius 3 is 2.78 bits per heavy atom. The fourth-order valence-corrected chi connectivity index (χ4v) is 2.05. The van der Waals surface area contributed by atoms with E-state index in [0.29, 0.717) is 12.8 Å². The molecule has 1 aromatic carbocycles. The molecule has 0 saturated carbocycles. The summed E-state index contributed by atoms with van der Waals surface area (Å²) in [6, 6.07) is 6.48. The number of nitrogens with zero attached hydrogens (tertiary/aromatic N) is 1. The lowest BCUT2D eigenvalue weighted by Crippen LogP contribution is -2.35. The molecule has 18 heavy (non-hydrogen) atoms. The minimum atomic E-state index is -0.00139. The number of fused-ring (bicyclic) bond motifs is 1. The second-order valence-corrected chi connectivity index (χ2v) is 4.92. The number of nitrogens with two attached hydrogens (primary N) is 1. The van der Waals surface area contributed by atoms with E-state index < -0.39 is 0 Å². The van der Waals surface area contributed by atoms with Gasteiger partial charge in [-0.05, 0) is 38.1 Å².